The lowest BCUT2D eigenvalue weighted by Crippen LogP contribution is -1.98. The molecule has 0 fully saturated rings. The summed E-state index contributed by atoms with van der Waals surface area (Å²) >= 11 is 3.46. The minimum Gasteiger partial charge on any atom is -0.439 e. The molecule has 1 atom stereocenters. The van der Waals surface area contributed by atoms with Gasteiger partial charge in [0.2, 0.25) is 5.88 Å². The van der Waals surface area contributed by atoms with Crippen molar-refractivity contribution in [1.29, 1.82) is 0 Å². The molecular formula is C17H14BrNO2. The summed E-state index contributed by atoms with van der Waals surface area (Å²) in [6.45, 7) is 1.70. The van der Waals surface area contributed by atoms with Gasteiger partial charge in [0.1, 0.15) is 5.75 Å². The molecule has 1 heterocycles. The molecular weight excluding hydrogens is 330 g/mol. The number of aromatic nitrogens is 1. The first-order valence-electron chi connectivity index (χ1n) is 6.63. The highest BCUT2D eigenvalue weighted by molar-refractivity contribution is 9.10. The van der Waals surface area contributed by atoms with Crippen molar-refractivity contribution in [3.63, 3.8) is 0 Å². The summed E-state index contributed by atoms with van der Waals surface area (Å²) in [6.07, 6.45) is 1.03. The molecule has 21 heavy (non-hydrogen) atoms. The van der Waals surface area contributed by atoms with E-state index in [1.165, 1.54) is 0 Å². The largest absolute Gasteiger partial charge is 0.439 e. The molecule has 1 N–H and O–H groups in total. The van der Waals surface area contributed by atoms with Gasteiger partial charge in [-0.2, -0.15) is 0 Å². The van der Waals surface area contributed by atoms with Gasteiger partial charge in [-0.15, -0.1) is 0 Å². The van der Waals surface area contributed by atoms with E-state index in [9.17, 15) is 5.11 Å². The van der Waals surface area contributed by atoms with Gasteiger partial charge >= 0.3 is 0 Å². The Hall–Kier alpha value is -1.91. The maximum absolute atomic E-state index is 9.76. The third-order valence-corrected chi connectivity index (χ3v) is 3.73. The Morgan fingerprint density at radius 2 is 1.86 bits per heavy atom. The average Bonchev–Trinajstić information content (AvgIpc) is 2.48. The second kappa shape index (κ2) is 5.84. The molecule has 4 heteroatoms. The SMILES string of the molecule is C[C@H](O)c1cccnc1Oc1ccc2cc(Br)ccc2c1. The van der Waals surface area contributed by atoms with Crippen LogP contribution in [0, 0.1) is 0 Å². The molecule has 3 aromatic rings. The molecule has 0 radical (unpaired) electrons. The van der Waals surface area contributed by atoms with E-state index in [1.807, 2.05) is 36.4 Å². The van der Waals surface area contributed by atoms with Crippen molar-refractivity contribution in [1.82, 2.24) is 4.98 Å². The first-order chi connectivity index (χ1) is 10.1. The molecule has 3 rings (SSSR count). The van der Waals surface area contributed by atoms with E-state index in [-0.39, 0.29) is 0 Å². The molecule has 3 nitrogen and oxygen atoms in total. The van der Waals surface area contributed by atoms with Gasteiger partial charge in [0.15, 0.2) is 0 Å². The second-order valence-electron chi connectivity index (χ2n) is 4.83. The zero-order valence-electron chi connectivity index (χ0n) is 11.5. The summed E-state index contributed by atoms with van der Waals surface area (Å²) in [4.78, 5) is 4.20. The van der Waals surface area contributed by atoms with Crippen molar-refractivity contribution in [2.75, 3.05) is 0 Å². The predicted molar refractivity (Wildman–Crippen MR) is 86.6 cm³/mol. The molecule has 106 valence electrons. The number of aliphatic hydroxyl groups is 1. The van der Waals surface area contributed by atoms with Crippen molar-refractivity contribution in [3.05, 3.63) is 64.8 Å². The minimum absolute atomic E-state index is 0.434. The fraction of sp³-hybridized carbons (Fsp3) is 0.118. The van der Waals surface area contributed by atoms with Crippen LogP contribution in [0.15, 0.2) is 59.2 Å². The Morgan fingerprint density at radius 1 is 1.10 bits per heavy atom. The minimum atomic E-state index is -0.620. The van der Waals surface area contributed by atoms with Crippen LogP contribution in [0.3, 0.4) is 0 Å². The number of pyridine rings is 1. The summed E-state index contributed by atoms with van der Waals surface area (Å²) in [6, 6.07) is 15.5. The van der Waals surface area contributed by atoms with Crippen molar-refractivity contribution in [3.8, 4) is 11.6 Å². The van der Waals surface area contributed by atoms with Gasteiger partial charge < -0.3 is 9.84 Å². The van der Waals surface area contributed by atoms with Gasteiger partial charge in [-0.05, 0) is 54.1 Å². The second-order valence-corrected chi connectivity index (χ2v) is 5.74. The molecule has 0 bridgehead atoms. The van der Waals surface area contributed by atoms with E-state index in [0.717, 1.165) is 15.2 Å². The van der Waals surface area contributed by atoms with E-state index in [1.54, 1.807) is 19.2 Å². The molecule has 0 amide bonds. The monoisotopic (exact) mass is 343 g/mol. The number of aliphatic hydroxyl groups excluding tert-OH is 1. The summed E-state index contributed by atoms with van der Waals surface area (Å²) in [5.74, 6) is 1.13. The lowest BCUT2D eigenvalue weighted by molar-refractivity contribution is 0.194. The van der Waals surface area contributed by atoms with E-state index >= 15 is 0 Å². The molecule has 0 saturated heterocycles. The summed E-state index contributed by atoms with van der Waals surface area (Å²) in [5.41, 5.74) is 0.674. The van der Waals surface area contributed by atoms with Gasteiger partial charge in [0.05, 0.1) is 6.10 Å². The third kappa shape index (κ3) is 3.06. The van der Waals surface area contributed by atoms with E-state index in [2.05, 4.69) is 27.0 Å². The number of ether oxygens (including phenoxy) is 1. The maximum Gasteiger partial charge on any atom is 0.225 e. The lowest BCUT2D eigenvalue weighted by Gasteiger charge is -2.12. The predicted octanol–water partition coefficient (Wildman–Crippen LogP) is 4.84. The Kier molecular flexibility index (Phi) is 3.90. The first-order valence-corrected chi connectivity index (χ1v) is 7.43. The Labute approximate surface area is 131 Å². The van der Waals surface area contributed by atoms with Gasteiger partial charge in [0.25, 0.3) is 0 Å². The van der Waals surface area contributed by atoms with Crippen LogP contribution >= 0.6 is 15.9 Å². The normalized spacial score (nSPS) is 12.3. The maximum atomic E-state index is 9.76. The summed E-state index contributed by atoms with van der Waals surface area (Å²) in [7, 11) is 0. The van der Waals surface area contributed by atoms with E-state index in [0.29, 0.717) is 17.2 Å². The quantitative estimate of drug-likeness (QED) is 0.739. The average molecular weight is 344 g/mol. The molecule has 0 saturated carbocycles. The number of halogens is 1. The molecule has 1 aromatic heterocycles. The van der Waals surface area contributed by atoms with Gasteiger partial charge in [-0.3, -0.25) is 0 Å². The first kappa shape index (κ1) is 14.0. The van der Waals surface area contributed by atoms with Crippen LogP contribution in [-0.2, 0) is 0 Å². The van der Waals surface area contributed by atoms with Crippen molar-refractivity contribution < 1.29 is 9.84 Å². The Morgan fingerprint density at radius 3 is 2.67 bits per heavy atom. The highest BCUT2D eigenvalue weighted by atomic mass is 79.9. The number of hydrogen-bond acceptors (Lipinski definition) is 3. The van der Waals surface area contributed by atoms with Gasteiger partial charge in [0, 0.05) is 16.2 Å². The third-order valence-electron chi connectivity index (χ3n) is 3.24. The smallest absolute Gasteiger partial charge is 0.225 e. The lowest BCUT2D eigenvalue weighted by atomic mass is 10.1. The number of rotatable bonds is 3. The van der Waals surface area contributed by atoms with Crippen molar-refractivity contribution >= 4 is 26.7 Å². The van der Waals surface area contributed by atoms with Crippen LogP contribution in [0.2, 0.25) is 0 Å². The van der Waals surface area contributed by atoms with Gasteiger partial charge in [-0.1, -0.05) is 28.1 Å². The van der Waals surface area contributed by atoms with Crippen molar-refractivity contribution in [2.24, 2.45) is 0 Å². The summed E-state index contributed by atoms with van der Waals surface area (Å²) < 4.78 is 6.87. The Bertz CT molecular complexity index is 787. The van der Waals surface area contributed by atoms with Crippen LogP contribution in [0.4, 0.5) is 0 Å². The van der Waals surface area contributed by atoms with Crippen LogP contribution < -0.4 is 4.74 Å². The number of fused-ring (bicyclic) bond motifs is 1. The number of hydrogen-bond donors (Lipinski definition) is 1. The fourth-order valence-electron chi connectivity index (χ4n) is 2.18. The summed E-state index contributed by atoms with van der Waals surface area (Å²) in [5, 5.41) is 12.0. The van der Waals surface area contributed by atoms with Crippen LogP contribution in [0.5, 0.6) is 11.6 Å². The molecule has 0 spiro atoms. The van der Waals surface area contributed by atoms with Crippen molar-refractivity contribution in [2.45, 2.75) is 13.0 Å². The topological polar surface area (TPSA) is 42.4 Å². The Balaban J connectivity index is 1.97. The van der Waals surface area contributed by atoms with Gasteiger partial charge in [-0.25, -0.2) is 4.98 Å². The number of benzene rings is 2. The fourth-order valence-corrected chi connectivity index (χ4v) is 2.56. The number of nitrogens with zero attached hydrogens (tertiary/aromatic N) is 1. The molecule has 0 aliphatic heterocycles. The highest BCUT2D eigenvalue weighted by Gasteiger charge is 2.11. The highest BCUT2D eigenvalue weighted by Crippen LogP contribution is 2.30. The van der Waals surface area contributed by atoms with E-state index in [4.69, 9.17) is 4.74 Å². The van der Waals surface area contributed by atoms with Crippen LogP contribution in [0.1, 0.15) is 18.6 Å². The standard InChI is InChI=1S/C17H14BrNO2/c1-11(20)16-3-2-8-19-17(16)21-15-7-5-12-9-14(18)6-4-13(12)10-15/h2-11,20H,1H3/t11-/m0/s1. The van der Waals surface area contributed by atoms with Crippen LogP contribution in [-0.4, -0.2) is 10.1 Å². The molecule has 0 aliphatic carbocycles. The molecule has 0 aliphatic rings. The zero-order valence-corrected chi connectivity index (χ0v) is 13.0. The molecule has 2 aromatic carbocycles. The molecule has 0 unspecified atom stereocenters. The zero-order chi connectivity index (χ0) is 14.8. The van der Waals surface area contributed by atoms with E-state index < -0.39 is 6.10 Å². The van der Waals surface area contributed by atoms with Crippen LogP contribution in [0.25, 0.3) is 10.8 Å².